The summed E-state index contributed by atoms with van der Waals surface area (Å²) in [5.41, 5.74) is -0.247. The number of nitrogens with zero attached hydrogens (tertiary/aromatic N) is 1. The lowest BCUT2D eigenvalue weighted by molar-refractivity contribution is 0.0686. The van der Waals surface area contributed by atoms with Crippen molar-refractivity contribution in [3.63, 3.8) is 0 Å². The number of aromatic nitrogens is 1. The SMILES string of the molecule is Cn1cc(S(=O)(=O)NCC(C)(C)C)cc1C(=O)O. The van der Waals surface area contributed by atoms with Gasteiger partial charge in [0.15, 0.2) is 0 Å². The molecule has 0 amide bonds. The minimum atomic E-state index is -3.66. The quantitative estimate of drug-likeness (QED) is 0.859. The van der Waals surface area contributed by atoms with Gasteiger partial charge in [0.25, 0.3) is 0 Å². The molecule has 0 fully saturated rings. The van der Waals surface area contributed by atoms with Gasteiger partial charge in [-0.25, -0.2) is 17.9 Å². The Bertz CT molecular complexity index is 552. The van der Waals surface area contributed by atoms with Gasteiger partial charge >= 0.3 is 5.97 Å². The van der Waals surface area contributed by atoms with Gasteiger partial charge in [-0.05, 0) is 11.5 Å². The smallest absolute Gasteiger partial charge is 0.352 e. The Hall–Kier alpha value is -1.34. The van der Waals surface area contributed by atoms with Crippen LogP contribution in [0.4, 0.5) is 0 Å². The van der Waals surface area contributed by atoms with Crippen LogP contribution in [-0.4, -0.2) is 30.6 Å². The van der Waals surface area contributed by atoms with E-state index in [0.717, 1.165) is 6.07 Å². The van der Waals surface area contributed by atoms with Gasteiger partial charge < -0.3 is 9.67 Å². The van der Waals surface area contributed by atoms with E-state index in [9.17, 15) is 13.2 Å². The van der Waals surface area contributed by atoms with Gasteiger partial charge in [-0.1, -0.05) is 20.8 Å². The minimum absolute atomic E-state index is 0.0355. The molecule has 18 heavy (non-hydrogen) atoms. The predicted octanol–water partition coefficient (Wildman–Crippen LogP) is 1.05. The molecule has 2 N–H and O–H groups in total. The van der Waals surface area contributed by atoms with Gasteiger partial charge in [-0.15, -0.1) is 0 Å². The molecule has 0 bridgehead atoms. The molecule has 0 aromatic carbocycles. The van der Waals surface area contributed by atoms with Crippen LogP contribution < -0.4 is 4.72 Å². The van der Waals surface area contributed by atoms with Crippen LogP contribution in [0.1, 0.15) is 31.3 Å². The third-order valence-corrected chi connectivity index (χ3v) is 3.67. The number of aromatic carboxylic acids is 1. The van der Waals surface area contributed by atoms with Crippen LogP contribution in [-0.2, 0) is 17.1 Å². The molecular weight excluding hydrogens is 256 g/mol. The molecule has 0 aliphatic carbocycles. The van der Waals surface area contributed by atoms with Crippen molar-refractivity contribution in [3.05, 3.63) is 18.0 Å². The van der Waals surface area contributed by atoms with Gasteiger partial charge in [-0.3, -0.25) is 0 Å². The van der Waals surface area contributed by atoms with Gasteiger partial charge in [0.1, 0.15) is 10.6 Å². The average molecular weight is 274 g/mol. The third-order valence-electron chi connectivity index (χ3n) is 2.30. The van der Waals surface area contributed by atoms with E-state index in [1.165, 1.54) is 17.8 Å². The summed E-state index contributed by atoms with van der Waals surface area (Å²) in [7, 11) is -2.17. The zero-order valence-electron chi connectivity index (χ0n) is 10.9. The maximum absolute atomic E-state index is 11.9. The lowest BCUT2D eigenvalue weighted by Gasteiger charge is -2.18. The number of carbonyl (C=O) groups is 1. The normalized spacial score (nSPS) is 12.7. The van der Waals surface area contributed by atoms with Crippen molar-refractivity contribution in [1.82, 2.24) is 9.29 Å². The first-order valence-electron chi connectivity index (χ1n) is 5.42. The monoisotopic (exact) mass is 274 g/mol. The molecular formula is C11H18N2O4S. The van der Waals surface area contributed by atoms with E-state index >= 15 is 0 Å². The molecule has 0 saturated heterocycles. The Balaban J connectivity index is 2.99. The van der Waals surface area contributed by atoms with Crippen molar-refractivity contribution >= 4 is 16.0 Å². The van der Waals surface area contributed by atoms with Crippen LogP contribution in [0.3, 0.4) is 0 Å². The number of hydrogen-bond acceptors (Lipinski definition) is 3. The first-order chi connectivity index (χ1) is 8.03. The Morgan fingerprint density at radius 2 is 2.00 bits per heavy atom. The maximum atomic E-state index is 11.9. The fourth-order valence-electron chi connectivity index (χ4n) is 1.29. The van der Waals surface area contributed by atoms with Crippen LogP contribution in [0.2, 0.25) is 0 Å². The first-order valence-corrected chi connectivity index (χ1v) is 6.90. The van der Waals surface area contributed by atoms with E-state index in [4.69, 9.17) is 5.11 Å². The molecule has 1 aromatic rings. The Kier molecular flexibility index (Phi) is 3.87. The van der Waals surface area contributed by atoms with Crippen molar-refractivity contribution in [3.8, 4) is 0 Å². The zero-order chi connectivity index (χ0) is 14.1. The van der Waals surface area contributed by atoms with E-state index in [-0.39, 0.29) is 22.5 Å². The van der Waals surface area contributed by atoms with Crippen molar-refractivity contribution in [1.29, 1.82) is 0 Å². The summed E-state index contributed by atoms with van der Waals surface area (Å²) in [4.78, 5) is 10.8. The number of sulfonamides is 1. The van der Waals surface area contributed by atoms with Crippen molar-refractivity contribution in [2.24, 2.45) is 12.5 Å². The number of hydrogen-bond donors (Lipinski definition) is 2. The molecule has 1 rings (SSSR count). The maximum Gasteiger partial charge on any atom is 0.352 e. The summed E-state index contributed by atoms with van der Waals surface area (Å²) in [5.74, 6) is -1.16. The number of carboxylic acid groups (broad SMARTS) is 1. The van der Waals surface area contributed by atoms with Crippen LogP contribution in [0.15, 0.2) is 17.2 Å². The molecule has 102 valence electrons. The Morgan fingerprint density at radius 3 is 2.39 bits per heavy atom. The Morgan fingerprint density at radius 1 is 1.44 bits per heavy atom. The van der Waals surface area contributed by atoms with Gasteiger partial charge in [-0.2, -0.15) is 0 Å². The Labute approximate surface area is 107 Å². The lowest BCUT2D eigenvalue weighted by atomic mass is 9.98. The van der Waals surface area contributed by atoms with E-state index in [1.54, 1.807) is 0 Å². The highest BCUT2D eigenvalue weighted by atomic mass is 32.2. The fourth-order valence-corrected chi connectivity index (χ4v) is 2.64. The fraction of sp³-hybridized carbons (Fsp3) is 0.545. The number of carboxylic acids is 1. The minimum Gasteiger partial charge on any atom is -0.477 e. The third kappa shape index (κ3) is 3.58. The largest absolute Gasteiger partial charge is 0.477 e. The molecule has 0 aliphatic rings. The topological polar surface area (TPSA) is 88.4 Å². The van der Waals surface area contributed by atoms with Gasteiger partial charge in [0.2, 0.25) is 10.0 Å². The summed E-state index contributed by atoms with van der Waals surface area (Å²) < 4.78 is 27.6. The molecule has 0 spiro atoms. The highest BCUT2D eigenvalue weighted by Crippen LogP contribution is 2.16. The second-order valence-electron chi connectivity index (χ2n) is 5.36. The van der Waals surface area contributed by atoms with Crippen LogP contribution in [0.25, 0.3) is 0 Å². The predicted molar refractivity (Wildman–Crippen MR) is 67.0 cm³/mol. The average Bonchev–Trinajstić information content (AvgIpc) is 2.57. The van der Waals surface area contributed by atoms with E-state index in [1.807, 2.05) is 20.8 Å². The summed E-state index contributed by atoms with van der Waals surface area (Å²) >= 11 is 0. The van der Waals surface area contributed by atoms with Crippen LogP contribution in [0.5, 0.6) is 0 Å². The highest BCUT2D eigenvalue weighted by Gasteiger charge is 2.22. The van der Waals surface area contributed by atoms with Crippen molar-refractivity contribution in [2.75, 3.05) is 6.54 Å². The van der Waals surface area contributed by atoms with E-state index in [2.05, 4.69) is 4.72 Å². The molecule has 1 heterocycles. The first kappa shape index (κ1) is 14.7. The molecule has 0 aliphatic heterocycles. The molecule has 6 nitrogen and oxygen atoms in total. The molecule has 7 heteroatoms. The lowest BCUT2D eigenvalue weighted by Crippen LogP contribution is -2.32. The number of nitrogens with one attached hydrogen (secondary N) is 1. The van der Waals surface area contributed by atoms with Crippen molar-refractivity contribution < 1.29 is 18.3 Å². The number of aryl methyl sites for hydroxylation is 1. The van der Waals surface area contributed by atoms with Gasteiger partial charge in [0, 0.05) is 19.8 Å². The second-order valence-corrected chi connectivity index (χ2v) is 7.13. The highest BCUT2D eigenvalue weighted by molar-refractivity contribution is 7.89. The second kappa shape index (κ2) is 4.74. The molecule has 0 saturated carbocycles. The van der Waals surface area contributed by atoms with E-state index < -0.39 is 16.0 Å². The number of rotatable bonds is 4. The van der Waals surface area contributed by atoms with Crippen LogP contribution in [0, 0.1) is 5.41 Å². The molecule has 0 unspecified atom stereocenters. The molecule has 0 atom stereocenters. The van der Waals surface area contributed by atoms with Gasteiger partial charge in [0.05, 0.1) is 0 Å². The molecule has 0 radical (unpaired) electrons. The summed E-state index contributed by atoms with van der Waals surface area (Å²) in [6.07, 6.45) is 1.29. The van der Waals surface area contributed by atoms with Crippen molar-refractivity contribution in [2.45, 2.75) is 25.7 Å². The summed E-state index contributed by atoms with van der Waals surface area (Å²) in [5, 5.41) is 8.87. The standard InChI is InChI=1S/C11H18N2O4S/c1-11(2,3)7-12-18(16,17)8-5-9(10(14)15)13(4)6-8/h5-6,12H,7H2,1-4H3,(H,14,15). The van der Waals surface area contributed by atoms with E-state index in [0.29, 0.717) is 0 Å². The van der Waals surface area contributed by atoms with Crippen LogP contribution >= 0.6 is 0 Å². The zero-order valence-corrected chi connectivity index (χ0v) is 11.7. The summed E-state index contributed by atoms with van der Waals surface area (Å²) in [6.45, 7) is 6.00. The molecule has 1 aromatic heterocycles. The summed E-state index contributed by atoms with van der Waals surface area (Å²) in [6, 6.07) is 1.15.